The number of nitrogens with zero attached hydrogens (tertiary/aromatic N) is 2. The first kappa shape index (κ1) is 16.0. The summed E-state index contributed by atoms with van der Waals surface area (Å²) in [5, 5.41) is 3.90. The number of hydrogen-bond acceptors (Lipinski definition) is 4. The van der Waals surface area contributed by atoms with Crippen molar-refractivity contribution in [3.8, 4) is 0 Å². The summed E-state index contributed by atoms with van der Waals surface area (Å²) < 4.78 is 5.00. The Balaban J connectivity index is 0.00000180. The van der Waals surface area contributed by atoms with Gasteiger partial charge in [0.25, 0.3) is 0 Å². The molecule has 2 rings (SSSR count). The zero-order valence-corrected chi connectivity index (χ0v) is 12.3. The molecule has 0 radical (unpaired) electrons. The molecule has 1 aliphatic carbocycles. The summed E-state index contributed by atoms with van der Waals surface area (Å²) in [6.45, 7) is 2.35. The monoisotopic (exact) mass is 287 g/mol. The van der Waals surface area contributed by atoms with Crippen molar-refractivity contribution >= 4 is 18.3 Å². The fraction of sp³-hybridized carbons (Fsp3) is 0.692. The first-order chi connectivity index (χ1) is 8.56. The molecule has 1 aromatic rings. The summed E-state index contributed by atoms with van der Waals surface area (Å²) in [6.07, 6.45) is 3.85. The van der Waals surface area contributed by atoms with Crippen LogP contribution in [0.25, 0.3) is 0 Å². The predicted molar refractivity (Wildman–Crippen MR) is 74.9 cm³/mol. The van der Waals surface area contributed by atoms with E-state index in [0.717, 1.165) is 37.1 Å². The number of amides is 1. The van der Waals surface area contributed by atoms with E-state index in [-0.39, 0.29) is 30.3 Å². The van der Waals surface area contributed by atoms with E-state index in [4.69, 9.17) is 10.3 Å². The van der Waals surface area contributed by atoms with Crippen molar-refractivity contribution in [3.63, 3.8) is 0 Å². The molecule has 1 saturated carbocycles. The molecule has 0 saturated heterocycles. The fourth-order valence-electron chi connectivity index (χ4n) is 2.58. The maximum absolute atomic E-state index is 12.3. The second kappa shape index (κ2) is 6.91. The van der Waals surface area contributed by atoms with Gasteiger partial charge in [-0.3, -0.25) is 4.79 Å². The van der Waals surface area contributed by atoms with Gasteiger partial charge in [0.15, 0.2) is 0 Å². The Kier molecular flexibility index (Phi) is 5.82. The summed E-state index contributed by atoms with van der Waals surface area (Å²) in [5.74, 6) is 1.02. The maximum atomic E-state index is 12.3. The minimum atomic E-state index is 0. The van der Waals surface area contributed by atoms with Crippen molar-refractivity contribution < 1.29 is 9.32 Å². The van der Waals surface area contributed by atoms with E-state index in [1.807, 2.05) is 20.0 Å². The number of carbonyl (C=O) groups is 1. The summed E-state index contributed by atoms with van der Waals surface area (Å²) in [7, 11) is 1.81. The zero-order valence-electron chi connectivity index (χ0n) is 11.5. The summed E-state index contributed by atoms with van der Waals surface area (Å²) in [6, 6.07) is 2.03. The molecule has 0 spiro atoms. The Morgan fingerprint density at radius 1 is 1.58 bits per heavy atom. The highest BCUT2D eigenvalue weighted by molar-refractivity contribution is 5.85. The lowest BCUT2D eigenvalue weighted by molar-refractivity contribution is -0.136. The van der Waals surface area contributed by atoms with E-state index in [9.17, 15) is 4.79 Å². The summed E-state index contributed by atoms with van der Waals surface area (Å²) in [5.41, 5.74) is 6.72. The molecule has 2 N–H and O–H groups in total. The molecule has 2 atom stereocenters. The van der Waals surface area contributed by atoms with Crippen LogP contribution in [0, 0.1) is 12.8 Å². The van der Waals surface area contributed by atoms with Gasteiger partial charge in [-0.1, -0.05) is 11.6 Å². The highest BCUT2D eigenvalue weighted by atomic mass is 35.5. The number of aryl methyl sites for hydroxylation is 1. The molecule has 19 heavy (non-hydrogen) atoms. The highest BCUT2D eigenvalue weighted by Crippen LogP contribution is 2.25. The Labute approximate surface area is 119 Å². The lowest BCUT2D eigenvalue weighted by atomic mass is 9.85. The Morgan fingerprint density at radius 2 is 2.32 bits per heavy atom. The number of nitrogens with two attached hydrogens (primary N) is 1. The van der Waals surface area contributed by atoms with Gasteiger partial charge in [-0.05, 0) is 26.2 Å². The topological polar surface area (TPSA) is 72.4 Å². The van der Waals surface area contributed by atoms with Crippen LogP contribution >= 0.6 is 12.4 Å². The third-order valence-electron chi connectivity index (χ3n) is 3.52. The van der Waals surface area contributed by atoms with Gasteiger partial charge in [0.2, 0.25) is 5.91 Å². The molecule has 1 aromatic heterocycles. The number of halogens is 1. The van der Waals surface area contributed by atoms with Crippen LogP contribution in [0.2, 0.25) is 0 Å². The van der Waals surface area contributed by atoms with Gasteiger partial charge in [-0.2, -0.15) is 0 Å². The van der Waals surface area contributed by atoms with Gasteiger partial charge >= 0.3 is 0 Å². The van der Waals surface area contributed by atoms with Gasteiger partial charge < -0.3 is 15.2 Å². The van der Waals surface area contributed by atoms with E-state index in [0.29, 0.717) is 6.54 Å². The molecule has 1 fully saturated rings. The lowest BCUT2D eigenvalue weighted by Gasteiger charge is -2.29. The standard InChI is InChI=1S/C13H21N3O2.ClH/c1-9-6-12(15-18-9)8-16(2)13(17)10-4-3-5-11(14)7-10;/h6,10-11H,3-5,7-8,14H2,1-2H3;1H. The van der Waals surface area contributed by atoms with Gasteiger partial charge in [0.05, 0.1) is 6.54 Å². The Morgan fingerprint density at radius 3 is 2.89 bits per heavy atom. The first-order valence-electron chi connectivity index (χ1n) is 6.49. The predicted octanol–water partition coefficient (Wildman–Crippen LogP) is 1.88. The molecule has 2 unspecified atom stereocenters. The van der Waals surface area contributed by atoms with Crippen molar-refractivity contribution in [2.75, 3.05) is 7.05 Å². The molecule has 1 heterocycles. The number of carbonyl (C=O) groups excluding carboxylic acids is 1. The van der Waals surface area contributed by atoms with Crippen LogP contribution in [0.3, 0.4) is 0 Å². The van der Waals surface area contributed by atoms with Crippen molar-refractivity contribution in [1.82, 2.24) is 10.1 Å². The SMILES string of the molecule is Cc1cc(CN(C)C(=O)C2CCCC(N)C2)no1.Cl. The van der Waals surface area contributed by atoms with Crippen LogP contribution in [0.4, 0.5) is 0 Å². The molecule has 5 nitrogen and oxygen atoms in total. The molecule has 0 aliphatic heterocycles. The van der Waals surface area contributed by atoms with Crippen LogP contribution in [0.1, 0.15) is 37.1 Å². The van der Waals surface area contributed by atoms with Crippen LogP contribution in [0.15, 0.2) is 10.6 Å². The molecular formula is C13H22ClN3O2. The van der Waals surface area contributed by atoms with Gasteiger partial charge in [-0.25, -0.2) is 0 Å². The van der Waals surface area contributed by atoms with E-state index in [1.165, 1.54) is 0 Å². The van der Waals surface area contributed by atoms with Gasteiger partial charge in [-0.15, -0.1) is 12.4 Å². The van der Waals surface area contributed by atoms with Gasteiger partial charge in [0, 0.05) is 25.1 Å². The van der Waals surface area contributed by atoms with Crippen molar-refractivity contribution in [2.45, 2.75) is 45.2 Å². The normalized spacial score (nSPS) is 22.7. The Hall–Kier alpha value is -1.07. The number of hydrogen-bond donors (Lipinski definition) is 1. The van der Waals surface area contributed by atoms with Crippen LogP contribution in [-0.4, -0.2) is 29.1 Å². The average Bonchev–Trinajstić information content (AvgIpc) is 2.73. The molecule has 6 heteroatoms. The van der Waals surface area contributed by atoms with E-state index >= 15 is 0 Å². The second-order valence-corrected chi connectivity index (χ2v) is 5.25. The third-order valence-corrected chi connectivity index (χ3v) is 3.52. The average molecular weight is 288 g/mol. The minimum Gasteiger partial charge on any atom is -0.361 e. The van der Waals surface area contributed by atoms with Crippen molar-refractivity contribution in [1.29, 1.82) is 0 Å². The molecule has 108 valence electrons. The lowest BCUT2D eigenvalue weighted by Crippen LogP contribution is -2.38. The molecule has 0 aromatic carbocycles. The minimum absolute atomic E-state index is 0. The largest absolute Gasteiger partial charge is 0.361 e. The van der Waals surface area contributed by atoms with E-state index < -0.39 is 0 Å². The highest BCUT2D eigenvalue weighted by Gasteiger charge is 2.27. The van der Waals surface area contributed by atoms with Crippen LogP contribution in [0.5, 0.6) is 0 Å². The summed E-state index contributed by atoms with van der Waals surface area (Å²) in [4.78, 5) is 14.0. The Bertz CT molecular complexity index is 422. The second-order valence-electron chi connectivity index (χ2n) is 5.25. The smallest absolute Gasteiger partial charge is 0.225 e. The van der Waals surface area contributed by atoms with E-state index in [1.54, 1.807) is 4.90 Å². The zero-order chi connectivity index (χ0) is 13.1. The quantitative estimate of drug-likeness (QED) is 0.921. The number of aromatic nitrogens is 1. The van der Waals surface area contributed by atoms with Gasteiger partial charge in [0.1, 0.15) is 11.5 Å². The molecular weight excluding hydrogens is 266 g/mol. The first-order valence-corrected chi connectivity index (χ1v) is 6.49. The number of rotatable bonds is 3. The third kappa shape index (κ3) is 4.21. The summed E-state index contributed by atoms with van der Waals surface area (Å²) >= 11 is 0. The molecule has 1 amide bonds. The van der Waals surface area contributed by atoms with Crippen LogP contribution in [-0.2, 0) is 11.3 Å². The van der Waals surface area contributed by atoms with E-state index in [2.05, 4.69) is 5.16 Å². The van der Waals surface area contributed by atoms with Crippen LogP contribution < -0.4 is 5.73 Å². The maximum Gasteiger partial charge on any atom is 0.225 e. The molecule has 0 bridgehead atoms. The van der Waals surface area contributed by atoms with Crippen molar-refractivity contribution in [3.05, 3.63) is 17.5 Å². The fourth-order valence-corrected chi connectivity index (χ4v) is 2.58. The molecule has 1 aliphatic rings. The van der Waals surface area contributed by atoms with Crippen molar-refractivity contribution in [2.24, 2.45) is 11.7 Å².